The first kappa shape index (κ1) is 11.3. The summed E-state index contributed by atoms with van der Waals surface area (Å²) in [4.78, 5) is 17.7. The molecule has 2 rings (SSSR count). The number of aryl methyl sites for hydroxylation is 1. The van der Waals surface area contributed by atoms with Crippen LogP contribution >= 0.6 is 0 Å². The Balaban J connectivity index is 2.06. The van der Waals surface area contributed by atoms with Crippen LogP contribution in [-0.2, 0) is 6.54 Å². The molecular formula is C12H13N3O2. The van der Waals surface area contributed by atoms with Gasteiger partial charge in [0.15, 0.2) is 5.69 Å². The van der Waals surface area contributed by atoms with Crippen LogP contribution in [0.2, 0.25) is 0 Å². The monoisotopic (exact) mass is 231 g/mol. The standard InChI is InChI=1S/C12H13N3O2/c1-9-7-11(14-17-9)12(16)15(2)8-10-5-3-4-6-13-10/h3-7H,8H2,1-2H3. The van der Waals surface area contributed by atoms with E-state index in [4.69, 9.17) is 4.52 Å². The van der Waals surface area contributed by atoms with Gasteiger partial charge in [0.2, 0.25) is 0 Å². The van der Waals surface area contributed by atoms with Gasteiger partial charge in [-0.25, -0.2) is 0 Å². The Morgan fingerprint density at radius 2 is 2.29 bits per heavy atom. The van der Waals surface area contributed by atoms with Crippen molar-refractivity contribution in [2.45, 2.75) is 13.5 Å². The van der Waals surface area contributed by atoms with E-state index in [1.54, 1.807) is 31.1 Å². The lowest BCUT2D eigenvalue weighted by atomic mass is 10.3. The Bertz CT molecular complexity index is 507. The van der Waals surface area contributed by atoms with Gasteiger partial charge in [-0.3, -0.25) is 9.78 Å². The fourth-order valence-electron chi connectivity index (χ4n) is 1.47. The van der Waals surface area contributed by atoms with E-state index >= 15 is 0 Å². The number of carbonyl (C=O) groups is 1. The van der Waals surface area contributed by atoms with Crippen molar-refractivity contribution in [3.05, 3.63) is 47.6 Å². The topological polar surface area (TPSA) is 59.2 Å². The van der Waals surface area contributed by atoms with Gasteiger partial charge >= 0.3 is 0 Å². The SMILES string of the molecule is Cc1cc(C(=O)N(C)Cc2ccccn2)no1. The number of hydrogen-bond acceptors (Lipinski definition) is 4. The first-order valence-corrected chi connectivity index (χ1v) is 5.25. The van der Waals surface area contributed by atoms with Gasteiger partial charge in [0.05, 0.1) is 12.2 Å². The normalized spacial score (nSPS) is 10.2. The van der Waals surface area contributed by atoms with E-state index in [0.717, 1.165) is 5.69 Å². The summed E-state index contributed by atoms with van der Waals surface area (Å²) in [6.45, 7) is 2.20. The maximum Gasteiger partial charge on any atom is 0.276 e. The molecule has 0 aliphatic heterocycles. The molecule has 0 aliphatic rings. The van der Waals surface area contributed by atoms with E-state index in [9.17, 15) is 4.79 Å². The van der Waals surface area contributed by atoms with Gasteiger partial charge in [0.1, 0.15) is 5.76 Å². The highest BCUT2D eigenvalue weighted by molar-refractivity contribution is 5.91. The summed E-state index contributed by atoms with van der Waals surface area (Å²) in [5.41, 5.74) is 1.16. The predicted octanol–water partition coefficient (Wildman–Crippen LogP) is 1.65. The van der Waals surface area contributed by atoms with Crippen LogP contribution in [-0.4, -0.2) is 28.0 Å². The largest absolute Gasteiger partial charge is 0.361 e. The van der Waals surface area contributed by atoms with Crippen LogP contribution in [0.1, 0.15) is 21.9 Å². The average molecular weight is 231 g/mol. The third kappa shape index (κ3) is 2.69. The Morgan fingerprint density at radius 3 is 2.88 bits per heavy atom. The van der Waals surface area contributed by atoms with Gasteiger partial charge in [-0.2, -0.15) is 0 Å². The van der Waals surface area contributed by atoms with E-state index in [2.05, 4.69) is 10.1 Å². The van der Waals surface area contributed by atoms with Crippen molar-refractivity contribution in [2.24, 2.45) is 0 Å². The molecule has 0 spiro atoms. The zero-order valence-electron chi connectivity index (χ0n) is 9.75. The number of rotatable bonds is 3. The lowest BCUT2D eigenvalue weighted by Crippen LogP contribution is -2.26. The Hall–Kier alpha value is -2.17. The summed E-state index contributed by atoms with van der Waals surface area (Å²) in [6, 6.07) is 7.22. The van der Waals surface area contributed by atoms with Crippen LogP contribution in [0.25, 0.3) is 0 Å². The first-order chi connectivity index (χ1) is 8.16. The summed E-state index contributed by atoms with van der Waals surface area (Å²) in [6.07, 6.45) is 1.70. The van der Waals surface area contributed by atoms with Crippen molar-refractivity contribution in [2.75, 3.05) is 7.05 Å². The summed E-state index contributed by atoms with van der Waals surface area (Å²) in [5.74, 6) is 0.451. The number of amides is 1. The molecule has 0 aliphatic carbocycles. The number of aromatic nitrogens is 2. The summed E-state index contributed by atoms with van der Waals surface area (Å²) >= 11 is 0. The maximum absolute atomic E-state index is 11.9. The smallest absolute Gasteiger partial charge is 0.276 e. The highest BCUT2D eigenvalue weighted by atomic mass is 16.5. The van der Waals surface area contributed by atoms with Gasteiger partial charge in [-0.1, -0.05) is 11.2 Å². The number of carbonyl (C=O) groups excluding carboxylic acids is 1. The molecule has 5 nitrogen and oxygen atoms in total. The lowest BCUT2D eigenvalue weighted by molar-refractivity contribution is 0.0773. The van der Waals surface area contributed by atoms with Crippen molar-refractivity contribution in [1.82, 2.24) is 15.0 Å². The fourth-order valence-corrected chi connectivity index (χ4v) is 1.47. The first-order valence-electron chi connectivity index (χ1n) is 5.25. The van der Waals surface area contributed by atoms with Gasteiger partial charge in [0, 0.05) is 19.3 Å². The van der Waals surface area contributed by atoms with Crippen molar-refractivity contribution in [3.63, 3.8) is 0 Å². The van der Waals surface area contributed by atoms with E-state index < -0.39 is 0 Å². The van der Waals surface area contributed by atoms with Gasteiger partial charge in [-0.05, 0) is 19.1 Å². The molecule has 2 heterocycles. The van der Waals surface area contributed by atoms with Crippen LogP contribution in [0.15, 0.2) is 35.0 Å². The molecule has 0 aromatic carbocycles. The van der Waals surface area contributed by atoms with Gasteiger partial charge in [0.25, 0.3) is 5.91 Å². The molecule has 0 saturated carbocycles. The predicted molar refractivity (Wildman–Crippen MR) is 61.3 cm³/mol. The Labute approximate surface area is 99.1 Å². The molecule has 0 bridgehead atoms. The van der Waals surface area contributed by atoms with E-state index in [-0.39, 0.29) is 5.91 Å². The van der Waals surface area contributed by atoms with E-state index in [1.165, 1.54) is 0 Å². The number of hydrogen-bond donors (Lipinski definition) is 0. The molecule has 0 atom stereocenters. The van der Waals surface area contributed by atoms with Gasteiger partial charge in [-0.15, -0.1) is 0 Å². The zero-order chi connectivity index (χ0) is 12.3. The summed E-state index contributed by atoms with van der Waals surface area (Å²) in [5, 5.41) is 3.69. The molecule has 5 heteroatoms. The highest BCUT2D eigenvalue weighted by Gasteiger charge is 2.16. The molecule has 2 aromatic heterocycles. The van der Waals surface area contributed by atoms with Crippen LogP contribution in [0.3, 0.4) is 0 Å². The number of pyridine rings is 1. The van der Waals surface area contributed by atoms with Gasteiger partial charge < -0.3 is 9.42 Å². The fraction of sp³-hybridized carbons (Fsp3) is 0.250. The summed E-state index contributed by atoms with van der Waals surface area (Å²) in [7, 11) is 1.71. The zero-order valence-corrected chi connectivity index (χ0v) is 9.75. The summed E-state index contributed by atoms with van der Waals surface area (Å²) < 4.78 is 4.87. The molecule has 88 valence electrons. The second-order valence-corrected chi connectivity index (χ2v) is 3.81. The molecule has 0 unspecified atom stereocenters. The van der Waals surface area contributed by atoms with Crippen LogP contribution in [0.5, 0.6) is 0 Å². The quantitative estimate of drug-likeness (QED) is 0.805. The van der Waals surface area contributed by atoms with E-state index in [1.807, 2.05) is 18.2 Å². The molecular weight excluding hydrogens is 218 g/mol. The van der Waals surface area contributed by atoms with Crippen LogP contribution in [0, 0.1) is 6.92 Å². The Kier molecular flexibility index (Phi) is 3.18. The van der Waals surface area contributed by atoms with Crippen molar-refractivity contribution >= 4 is 5.91 Å². The molecule has 0 radical (unpaired) electrons. The molecule has 0 saturated heterocycles. The third-order valence-corrected chi connectivity index (χ3v) is 2.32. The molecule has 0 fully saturated rings. The Morgan fingerprint density at radius 1 is 1.47 bits per heavy atom. The second kappa shape index (κ2) is 4.78. The van der Waals surface area contributed by atoms with Crippen LogP contribution in [0.4, 0.5) is 0 Å². The molecule has 17 heavy (non-hydrogen) atoms. The minimum atomic E-state index is -0.174. The van der Waals surface area contributed by atoms with E-state index in [0.29, 0.717) is 18.0 Å². The molecule has 0 N–H and O–H groups in total. The van der Waals surface area contributed by atoms with Crippen molar-refractivity contribution in [3.8, 4) is 0 Å². The van der Waals surface area contributed by atoms with Crippen LogP contribution < -0.4 is 0 Å². The minimum Gasteiger partial charge on any atom is -0.361 e. The van der Waals surface area contributed by atoms with Crippen molar-refractivity contribution in [1.29, 1.82) is 0 Å². The third-order valence-electron chi connectivity index (χ3n) is 2.32. The maximum atomic E-state index is 11.9. The molecule has 2 aromatic rings. The average Bonchev–Trinajstić information content (AvgIpc) is 2.76. The lowest BCUT2D eigenvalue weighted by Gasteiger charge is -2.14. The highest BCUT2D eigenvalue weighted by Crippen LogP contribution is 2.07. The number of nitrogens with zero attached hydrogens (tertiary/aromatic N) is 3. The van der Waals surface area contributed by atoms with Crippen molar-refractivity contribution < 1.29 is 9.32 Å². The minimum absolute atomic E-state index is 0.174. The molecule has 1 amide bonds. The second-order valence-electron chi connectivity index (χ2n) is 3.81.